The van der Waals surface area contributed by atoms with E-state index in [0.717, 1.165) is 10.8 Å². The molecule has 2 rings (SSSR count). The van der Waals surface area contributed by atoms with Gasteiger partial charge >= 0.3 is 0 Å². The molecule has 0 radical (unpaired) electrons. The number of anilines is 2. The molecule has 0 unspecified atom stereocenters. The lowest BCUT2D eigenvalue weighted by atomic mass is 10.1. The first-order valence-corrected chi connectivity index (χ1v) is 6.04. The molecular formula is C13H16ClN3O. The Balaban J connectivity index is 2.56. The standard InChI is InChI=1S/C13H16ClN3O/c1-13(2,7-18)17-12-9-3-4-10(14)11(15)8(9)5-6-16-12/h3-6,18H,7,15H2,1-2H3,(H,16,17). The van der Waals surface area contributed by atoms with E-state index in [-0.39, 0.29) is 6.61 Å². The number of nitrogens with two attached hydrogens (primary N) is 1. The summed E-state index contributed by atoms with van der Waals surface area (Å²) in [6.07, 6.45) is 1.67. The Bertz CT molecular complexity index is 584. The molecule has 96 valence electrons. The van der Waals surface area contributed by atoms with Crippen LogP contribution in [0.1, 0.15) is 13.8 Å². The highest BCUT2D eigenvalue weighted by atomic mass is 35.5. The normalized spacial score (nSPS) is 11.8. The summed E-state index contributed by atoms with van der Waals surface area (Å²) >= 11 is 5.99. The molecule has 0 atom stereocenters. The van der Waals surface area contributed by atoms with Crippen LogP contribution in [0.5, 0.6) is 0 Å². The Morgan fingerprint density at radius 2 is 2.06 bits per heavy atom. The average molecular weight is 266 g/mol. The van der Waals surface area contributed by atoms with Crippen LogP contribution in [0.2, 0.25) is 5.02 Å². The maximum atomic E-state index is 9.29. The summed E-state index contributed by atoms with van der Waals surface area (Å²) in [5.41, 5.74) is 6.04. The molecule has 0 saturated heterocycles. The number of aliphatic hydroxyl groups is 1. The summed E-state index contributed by atoms with van der Waals surface area (Å²) in [4.78, 5) is 4.29. The third-order valence-electron chi connectivity index (χ3n) is 2.79. The number of pyridine rings is 1. The zero-order valence-corrected chi connectivity index (χ0v) is 11.1. The summed E-state index contributed by atoms with van der Waals surface area (Å²) in [6.45, 7) is 3.80. The number of benzene rings is 1. The maximum Gasteiger partial charge on any atom is 0.134 e. The lowest BCUT2D eigenvalue weighted by Crippen LogP contribution is -2.35. The van der Waals surface area contributed by atoms with E-state index in [0.29, 0.717) is 16.5 Å². The van der Waals surface area contributed by atoms with Crippen molar-refractivity contribution in [2.45, 2.75) is 19.4 Å². The van der Waals surface area contributed by atoms with E-state index in [2.05, 4.69) is 10.3 Å². The minimum Gasteiger partial charge on any atom is -0.397 e. The van der Waals surface area contributed by atoms with Crippen molar-refractivity contribution in [2.24, 2.45) is 0 Å². The Morgan fingerprint density at radius 1 is 1.33 bits per heavy atom. The van der Waals surface area contributed by atoms with Gasteiger partial charge in [-0.15, -0.1) is 0 Å². The zero-order valence-electron chi connectivity index (χ0n) is 10.4. The van der Waals surface area contributed by atoms with Crippen molar-refractivity contribution in [3.05, 3.63) is 29.4 Å². The van der Waals surface area contributed by atoms with Crippen molar-refractivity contribution >= 4 is 33.9 Å². The number of hydrogen-bond donors (Lipinski definition) is 3. The second kappa shape index (κ2) is 4.63. The fourth-order valence-corrected chi connectivity index (χ4v) is 1.88. The van der Waals surface area contributed by atoms with Gasteiger partial charge in [-0.05, 0) is 32.0 Å². The third kappa shape index (κ3) is 2.35. The molecule has 1 aromatic heterocycles. The van der Waals surface area contributed by atoms with E-state index < -0.39 is 5.54 Å². The van der Waals surface area contributed by atoms with E-state index >= 15 is 0 Å². The molecular weight excluding hydrogens is 250 g/mol. The van der Waals surface area contributed by atoms with Gasteiger partial charge in [0, 0.05) is 17.0 Å². The van der Waals surface area contributed by atoms with Gasteiger partial charge in [-0.2, -0.15) is 0 Å². The van der Waals surface area contributed by atoms with Crippen molar-refractivity contribution in [1.29, 1.82) is 0 Å². The molecule has 4 N–H and O–H groups in total. The molecule has 0 aliphatic carbocycles. The molecule has 0 aliphatic heterocycles. The SMILES string of the molecule is CC(C)(CO)Nc1nccc2c(N)c(Cl)ccc12. The number of aromatic nitrogens is 1. The van der Waals surface area contributed by atoms with Crippen LogP contribution in [0.15, 0.2) is 24.4 Å². The first-order valence-electron chi connectivity index (χ1n) is 5.66. The van der Waals surface area contributed by atoms with E-state index in [4.69, 9.17) is 17.3 Å². The molecule has 1 aromatic carbocycles. The van der Waals surface area contributed by atoms with Crippen molar-refractivity contribution in [1.82, 2.24) is 4.98 Å². The largest absolute Gasteiger partial charge is 0.397 e. The Labute approximate surface area is 111 Å². The molecule has 5 heteroatoms. The highest BCUT2D eigenvalue weighted by Gasteiger charge is 2.18. The predicted octanol–water partition coefficient (Wildman–Crippen LogP) is 2.65. The molecule has 0 fully saturated rings. The van der Waals surface area contributed by atoms with E-state index in [9.17, 15) is 5.11 Å². The van der Waals surface area contributed by atoms with E-state index in [1.54, 1.807) is 12.3 Å². The van der Waals surface area contributed by atoms with Crippen molar-refractivity contribution in [3.63, 3.8) is 0 Å². The number of hydrogen-bond acceptors (Lipinski definition) is 4. The summed E-state index contributed by atoms with van der Waals surface area (Å²) in [5.74, 6) is 0.690. The van der Waals surface area contributed by atoms with Crippen LogP contribution in [0, 0.1) is 0 Å². The monoisotopic (exact) mass is 265 g/mol. The summed E-state index contributed by atoms with van der Waals surface area (Å²) in [7, 11) is 0. The highest BCUT2D eigenvalue weighted by Crippen LogP contribution is 2.32. The van der Waals surface area contributed by atoms with Gasteiger partial charge in [-0.3, -0.25) is 0 Å². The molecule has 1 heterocycles. The first kappa shape index (κ1) is 12.9. The van der Waals surface area contributed by atoms with E-state index in [1.165, 1.54) is 0 Å². The zero-order chi connectivity index (χ0) is 13.3. The molecule has 2 aromatic rings. The molecule has 0 spiro atoms. The van der Waals surface area contributed by atoms with Crippen LogP contribution in [-0.4, -0.2) is 22.2 Å². The fourth-order valence-electron chi connectivity index (χ4n) is 1.71. The molecule has 4 nitrogen and oxygen atoms in total. The van der Waals surface area contributed by atoms with Crippen molar-refractivity contribution < 1.29 is 5.11 Å². The van der Waals surface area contributed by atoms with Gasteiger partial charge in [0.25, 0.3) is 0 Å². The van der Waals surface area contributed by atoms with Gasteiger partial charge in [-0.1, -0.05) is 11.6 Å². The van der Waals surface area contributed by atoms with Crippen LogP contribution >= 0.6 is 11.6 Å². The number of nitrogens with zero attached hydrogens (tertiary/aromatic N) is 1. The fraction of sp³-hybridized carbons (Fsp3) is 0.308. The van der Waals surface area contributed by atoms with Crippen LogP contribution in [0.25, 0.3) is 10.8 Å². The topological polar surface area (TPSA) is 71.2 Å². The van der Waals surface area contributed by atoms with Gasteiger partial charge in [0.05, 0.1) is 22.9 Å². The number of nitrogens with one attached hydrogen (secondary N) is 1. The predicted molar refractivity (Wildman–Crippen MR) is 76.0 cm³/mol. The van der Waals surface area contributed by atoms with Crippen molar-refractivity contribution in [3.8, 4) is 0 Å². The average Bonchev–Trinajstić information content (AvgIpc) is 2.34. The van der Waals surface area contributed by atoms with Gasteiger partial charge < -0.3 is 16.2 Å². The number of halogens is 1. The number of fused-ring (bicyclic) bond motifs is 1. The molecule has 0 amide bonds. The molecule has 0 aliphatic rings. The summed E-state index contributed by atoms with van der Waals surface area (Å²) < 4.78 is 0. The van der Waals surface area contributed by atoms with Crippen LogP contribution < -0.4 is 11.1 Å². The quantitative estimate of drug-likeness (QED) is 0.746. The maximum absolute atomic E-state index is 9.29. The molecule has 18 heavy (non-hydrogen) atoms. The second-order valence-electron chi connectivity index (χ2n) is 4.88. The second-order valence-corrected chi connectivity index (χ2v) is 5.29. The number of rotatable bonds is 3. The van der Waals surface area contributed by atoms with Gasteiger partial charge in [0.15, 0.2) is 0 Å². The highest BCUT2D eigenvalue weighted by molar-refractivity contribution is 6.34. The van der Waals surface area contributed by atoms with Gasteiger partial charge in [0.2, 0.25) is 0 Å². The van der Waals surface area contributed by atoms with Crippen LogP contribution in [0.4, 0.5) is 11.5 Å². The first-order chi connectivity index (χ1) is 8.44. The van der Waals surface area contributed by atoms with Crippen LogP contribution in [-0.2, 0) is 0 Å². The molecule has 0 saturated carbocycles. The summed E-state index contributed by atoms with van der Waals surface area (Å²) in [6, 6.07) is 5.45. The van der Waals surface area contributed by atoms with E-state index in [1.807, 2.05) is 26.0 Å². The van der Waals surface area contributed by atoms with Crippen molar-refractivity contribution in [2.75, 3.05) is 17.7 Å². The lowest BCUT2D eigenvalue weighted by molar-refractivity contribution is 0.234. The Hall–Kier alpha value is -1.52. The minimum atomic E-state index is -0.449. The lowest BCUT2D eigenvalue weighted by Gasteiger charge is -2.25. The summed E-state index contributed by atoms with van der Waals surface area (Å²) in [5, 5.41) is 14.8. The number of aliphatic hydroxyl groups excluding tert-OH is 1. The third-order valence-corrected chi connectivity index (χ3v) is 3.12. The molecule has 0 bridgehead atoms. The van der Waals surface area contributed by atoms with Gasteiger partial charge in [-0.25, -0.2) is 4.98 Å². The smallest absolute Gasteiger partial charge is 0.134 e. The minimum absolute atomic E-state index is 0.00807. The Kier molecular flexibility index (Phi) is 3.32. The number of nitrogen functional groups attached to an aromatic ring is 1. The van der Waals surface area contributed by atoms with Gasteiger partial charge in [0.1, 0.15) is 5.82 Å². The Morgan fingerprint density at radius 3 is 2.72 bits per heavy atom. The van der Waals surface area contributed by atoms with Crippen LogP contribution in [0.3, 0.4) is 0 Å².